The second kappa shape index (κ2) is 6.96. The zero-order valence-corrected chi connectivity index (χ0v) is 15.4. The van der Waals surface area contributed by atoms with Crippen LogP contribution >= 0.6 is 0 Å². The highest BCUT2D eigenvalue weighted by molar-refractivity contribution is 5.78. The van der Waals surface area contributed by atoms with Crippen molar-refractivity contribution in [2.75, 3.05) is 26.7 Å². The van der Waals surface area contributed by atoms with Crippen LogP contribution in [0.15, 0.2) is 47.7 Å². The number of aromatic nitrogens is 4. The first kappa shape index (κ1) is 17.4. The highest BCUT2D eigenvalue weighted by Gasteiger charge is 2.30. The molecule has 3 aromatic rings. The minimum absolute atomic E-state index is 0.0241. The smallest absolute Gasteiger partial charge is 0.264 e. The number of likely N-dealkylation sites (N-methyl/N-ethyl adjacent to an activating group) is 1. The van der Waals surface area contributed by atoms with Crippen molar-refractivity contribution in [3.8, 4) is 0 Å². The minimum Gasteiger partial charge on any atom is -0.332 e. The van der Waals surface area contributed by atoms with E-state index in [1.807, 2.05) is 35.2 Å². The molecule has 1 amide bonds. The molecule has 1 aliphatic heterocycles. The van der Waals surface area contributed by atoms with E-state index in [4.69, 9.17) is 0 Å². The van der Waals surface area contributed by atoms with Gasteiger partial charge in [0.2, 0.25) is 5.91 Å². The number of aryl methyl sites for hydroxylation is 1. The predicted molar refractivity (Wildman–Crippen MR) is 101 cm³/mol. The molecule has 0 N–H and O–H groups in total. The summed E-state index contributed by atoms with van der Waals surface area (Å²) in [7, 11) is 3.79. The summed E-state index contributed by atoms with van der Waals surface area (Å²) in [5.74, 6) is -0.0795. The van der Waals surface area contributed by atoms with Crippen molar-refractivity contribution in [1.82, 2.24) is 29.1 Å². The lowest BCUT2D eigenvalue weighted by Gasteiger charge is -2.40. The molecule has 8 heteroatoms. The Kier molecular flexibility index (Phi) is 4.49. The lowest BCUT2D eigenvalue weighted by Crippen LogP contribution is -2.50. The monoisotopic (exact) mass is 366 g/mol. The van der Waals surface area contributed by atoms with Crippen LogP contribution < -0.4 is 5.56 Å². The number of nitrogens with zero attached hydrogens (tertiary/aromatic N) is 6. The van der Waals surface area contributed by atoms with E-state index in [1.54, 1.807) is 11.7 Å². The Morgan fingerprint density at radius 3 is 2.74 bits per heavy atom. The van der Waals surface area contributed by atoms with Crippen LogP contribution in [-0.4, -0.2) is 61.7 Å². The summed E-state index contributed by atoms with van der Waals surface area (Å²) in [4.78, 5) is 34.1. The number of piperazine rings is 1. The highest BCUT2D eigenvalue weighted by atomic mass is 16.2. The van der Waals surface area contributed by atoms with E-state index in [2.05, 4.69) is 22.0 Å². The maximum absolute atomic E-state index is 13.1. The molecule has 27 heavy (non-hydrogen) atoms. The second-order valence-electron chi connectivity index (χ2n) is 6.96. The number of carbonyl (C=O) groups is 1. The molecule has 8 nitrogen and oxygen atoms in total. The Hall–Kier alpha value is -3.00. The summed E-state index contributed by atoms with van der Waals surface area (Å²) in [5.41, 5.74) is 1.38. The Bertz CT molecular complexity index is 1030. The maximum Gasteiger partial charge on any atom is 0.264 e. The lowest BCUT2D eigenvalue weighted by atomic mass is 10.0. The third-order valence-corrected chi connectivity index (χ3v) is 5.11. The van der Waals surface area contributed by atoms with Gasteiger partial charge in [-0.15, -0.1) is 0 Å². The van der Waals surface area contributed by atoms with Crippen LogP contribution in [0.5, 0.6) is 0 Å². The van der Waals surface area contributed by atoms with Crippen LogP contribution in [0.2, 0.25) is 0 Å². The molecule has 0 radical (unpaired) electrons. The van der Waals surface area contributed by atoms with Crippen molar-refractivity contribution in [3.63, 3.8) is 0 Å². The van der Waals surface area contributed by atoms with E-state index in [0.717, 1.165) is 18.7 Å². The van der Waals surface area contributed by atoms with Gasteiger partial charge in [-0.1, -0.05) is 30.3 Å². The standard InChI is InChI=1S/C19H22N6O2/c1-22-8-9-25(16(11-22)14-6-4-3-5-7-14)17(26)12-24-13-20-18-15(19(24)27)10-21-23(18)2/h3-7,10,13,16H,8-9,11-12H2,1-2H3/t16-/m1/s1. The highest BCUT2D eigenvalue weighted by Crippen LogP contribution is 2.25. The molecule has 1 aromatic carbocycles. The molecule has 3 heterocycles. The molecule has 2 aromatic heterocycles. The third kappa shape index (κ3) is 3.23. The third-order valence-electron chi connectivity index (χ3n) is 5.11. The molecule has 0 aliphatic carbocycles. The molecule has 0 spiro atoms. The largest absolute Gasteiger partial charge is 0.332 e. The first-order chi connectivity index (χ1) is 13.0. The molecule has 1 saturated heterocycles. The van der Waals surface area contributed by atoms with E-state index in [-0.39, 0.29) is 24.1 Å². The van der Waals surface area contributed by atoms with Crippen molar-refractivity contribution in [3.05, 3.63) is 58.8 Å². The van der Waals surface area contributed by atoms with Gasteiger partial charge in [-0.3, -0.25) is 18.8 Å². The van der Waals surface area contributed by atoms with Crippen molar-refractivity contribution in [2.24, 2.45) is 7.05 Å². The van der Waals surface area contributed by atoms with Gasteiger partial charge in [0, 0.05) is 26.7 Å². The Balaban J connectivity index is 1.61. The van der Waals surface area contributed by atoms with Crippen LogP contribution in [0.3, 0.4) is 0 Å². The number of hydrogen-bond donors (Lipinski definition) is 0. The summed E-state index contributed by atoms with van der Waals surface area (Å²) >= 11 is 0. The molecule has 0 unspecified atom stereocenters. The van der Waals surface area contributed by atoms with Gasteiger partial charge in [0.25, 0.3) is 5.56 Å². The van der Waals surface area contributed by atoms with Crippen molar-refractivity contribution in [1.29, 1.82) is 0 Å². The summed E-state index contributed by atoms with van der Waals surface area (Å²) in [5, 5.41) is 4.49. The van der Waals surface area contributed by atoms with Gasteiger partial charge in [0.05, 0.1) is 12.2 Å². The van der Waals surface area contributed by atoms with Gasteiger partial charge in [-0.2, -0.15) is 5.10 Å². The molecular weight excluding hydrogens is 344 g/mol. The molecule has 0 saturated carbocycles. The van der Waals surface area contributed by atoms with Crippen LogP contribution in [-0.2, 0) is 18.4 Å². The Labute approximate surface area is 156 Å². The van der Waals surface area contributed by atoms with Gasteiger partial charge < -0.3 is 9.80 Å². The van der Waals surface area contributed by atoms with E-state index < -0.39 is 0 Å². The van der Waals surface area contributed by atoms with Crippen molar-refractivity contribution >= 4 is 16.9 Å². The van der Waals surface area contributed by atoms with E-state index >= 15 is 0 Å². The summed E-state index contributed by atoms with van der Waals surface area (Å²) in [6.45, 7) is 2.18. The molecule has 1 fully saturated rings. The molecule has 0 bridgehead atoms. The Morgan fingerprint density at radius 1 is 1.19 bits per heavy atom. The van der Waals surface area contributed by atoms with Crippen molar-refractivity contribution in [2.45, 2.75) is 12.6 Å². The molecule has 1 atom stereocenters. The second-order valence-corrected chi connectivity index (χ2v) is 6.96. The first-order valence-electron chi connectivity index (χ1n) is 8.94. The van der Waals surface area contributed by atoms with Crippen LogP contribution in [0.25, 0.3) is 11.0 Å². The normalized spacial score (nSPS) is 18.1. The van der Waals surface area contributed by atoms with E-state index in [0.29, 0.717) is 17.6 Å². The fraction of sp³-hybridized carbons (Fsp3) is 0.368. The average Bonchev–Trinajstić information content (AvgIpc) is 3.06. The van der Waals surface area contributed by atoms with Crippen LogP contribution in [0.4, 0.5) is 0 Å². The van der Waals surface area contributed by atoms with Gasteiger partial charge in [0.1, 0.15) is 18.3 Å². The SMILES string of the molecule is CN1CCN(C(=O)Cn2cnc3c(cnn3C)c2=O)[C@@H](c2ccccc2)C1. The van der Waals surface area contributed by atoms with Gasteiger partial charge in [0.15, 0.2) is 5.65 Å². The fourth-order valence-corrected chi connectivity index (χ4v) is 3.59. The topological polar surface area (TPSA) is 76.3 Å². The summed E-state index contributed by atoms with van der Waals surface area (Å²) in [6.07, 6.45) is 2.92. The first-order valence-corrected chi connectivity index (χ1v) is 8.94. The van der Waals surface area contributed by atoms with Crippen molar-refractivity contribution < 1.29 is 4.79 Å². The zero-order chi connectivity index (χ0) is 19.0. The number of fused-ring (bicyclic) bond motifs is 1. The van der Waals surface area contributed by atoms with Gasteiger partial charge >= 0.3 is 0 Å². The number of benzene rings is 1. The molecule has 4 rings (SSSR count). The molecule has 140 valence electrons. The molecule has 1 aliphatic rings. The van der Waals surface area contributed by atoms with Crippen LogP contribution in [0, 0.1) is 0 Å². The van der Waals surface area contributed by atoms with Crippen LogP contribution in [0.1, 0.15) is 11.6 Å². The maximum atomic E-state index is 13.1. The quantitative estimate of drug-likeness (QED) is 0.680. The number of rotatable bonds is 3. The number of amides is 1. The lowest BCUT2D eigenvalue weighted by molar-refractivity contribution is -0.136. The summed E-state index contributed by atoms with van der Waals surface area (Å²) in [6, 6.07) is 9.99. The zero-order valence-electron chi connectivity index (χ0n) is 15.4. The van der Waals surface area contributed by atoms with E-state index in [1.165, 1.54) is 17.1 Å². The minimum atomic E-state index is -0.244. The average molecular weight is 366 g/mol. The number of hydrogen-bond acceptors (Lipinski definition) is 5. The Morgan fingerprint density at radius 2 is 1.96 bits per heavy atom. The molecular formula is C19H22N6O2. The number of carbonyl (C=O) groups excluding carboxylic acids is 1. The van der Waals surface area contributed by atoms with Gasteiger partial charge in [-0.25, -0.2) is 4.98 Å². The fourth-order valence-electron chi connectivity index (χ4n) is 3.59. The summed E-state index contributed by atoms with van der Waals surface area (Å²) < 4.78 is 2.92. The van der Waals surface area contributed by atoms with Gasteiger partial charge in [-0.05, 0) is 12.6 Å². The predicted octanol–water partition coefficient (Wildman–Crippen LogP) is 0.645. The van der Waals surface area contributed by atoms with E-state index in [9.17, 15) is 9.59 Å².